The molecular formula is C19H29FN4O2. The van der Waals surface area contributed by atoms with Gasteiger partial charge in [-0.15, -0.1) is 0 Å². The third-order valence-corrected chi connectivity index (χ3v) is 4.08. The summed E-state index contributed by atoms with van der Waals surface area (Å²) in [6, 6.07) is 6.14. The van der Waals surface area contributed by atoms with Crippen molar-refractivity contribution in [2.75, 3.05) is 44.6 Å². The first kappa shape index (κ1) is 20.3. The zero-order chi connectivity index (χ0) is 19.2. The Morgan fingerprint density at radius 1 is 1.00 bits per heavy atom. The van der Waals surface area contributed by atoms with Crippen LogP contribution in [-0.2, 0) is 9.59 Å². The van der Waals surface area contributed by atoms with Gasteiger partial charge in [-0.2, -0.15) is 0 Å². The number of carbonyl (C=O) groups excluding carboxylic acids is 2. The van der Waals surface area contributed by atoms with Gasteiger partial charge in [0, 0.05) is 18.6 Å². The molecule has 0 spiro atoms. The molecule has 1 aliphatic heterocycles. The van der Waals surface area contributed by atoms with Crippen molar-refractivity contribution >= 4 is 17.5 Å². The van der Waals surface area contributed by atoms with E-state index >= 15 is 0 Å². The zero-order valence-electron chi connectivity index (χ0n) is 15.8. The highest BCUT2D eigenvalue weighted by Crippen LogP contribution is 2.12. The molecule has 144 valence electrons. The lowest BCUT2D eigenvalue weighted by atomic mass is 10.1. The van der Waals surface area contributed by atoms with E-state index in [1.165, 1.54) is 6.07 Å². The fourth-order valence-electron chi connectivity index (χ4n) is 2.96. The first-order chi connectivity index (χ1) is 12.2. The van der Waals surface area contributed by atoms with Gasteiger partial charge in [0.1, 0.15) is 5.82 Å². The zero-order valence-corrected chi connectivity index (χ0v) is 15.8. The van der Waals surface area contributed by atoms with Crippen molar-refractivity contribution in [1.82, 2.24) is 15.1 Å². The first-order valence-electron chi connectivity index (χ1n) is 9.03. The number of anilines is 1. The molecule has 0 saturated carbocycles. The second-order valence-corrected chi connectivity index (χ2v) is 7.73. The molecule has 0 aliphatic carbocycles. The highest BCUT2D eigenvalue weighted by atomic mass is 19.1. The number of carbonyl (C=O) groups is 2. The van der Waals surface area contributed by atoms with Gasteiger partial charge in [0.15, 0.2) is 0 Å². The minimum atomic E-state index is -0.437. The molecule has 1 aliphatic rings. The number of halogens is 1. The lowest BCUT2D eigenvalue weighted by Gasteiger charge is -2.25. The Hall–Kier alpha value is -1.99. The second kappa shape index (κ2) is 9.09. The molecule has 1 saturated heterocycles. The number of rotatable bonds is 5. The Morgan fingerprint density at radius 2 is 1.58 bits per heavy atom. The summed E-state index contributed by atoms with van der Waals surface area (Å²) in [5.41, 5.74) is -0.0347. The number of nitrogens with one attached hydrogen (secondary N) is 2. The molecule has 0 radical (unpaired) electrons. The van der Waals surface area contributed by atoms with Crippen molar-refractivity contribution in [3.8, 4) is 0 Å². The Labute approximate surface area is 154 Å². The molecule has 0 atom stereocenters. The maximum Gasteiger partial charge on any atom is 0.238 e. The lowest BCUT2D eigenvalue weighted by molar-refractivity contribution is -0.123. The molecule has 2 rings (SSSR count). The van der Waals surface area contributed by atoms with E-state index in [4.69, 9.17) is 0 Å². The van der Waals surface area contributed by atoms with Crippen LogP contribution in [0.2, 0.25) is 0 Å². The van der Waals surface area contributed by atoms with Crippen molar-refractivity contribution in [1.29, 1.82) is 0 Å². The summed E-state index contributed by atoms with van der Waals surface area (Å²) in [5.74, 6) is -0.648. The van der Waals surface area contributed by atoms with Crippen LogP contribution in [0.4, 0.5) is 10.1 Å². The van der Waals surface area contributed by atoms with Crippen LogP contribution in [0.25, 0.3) is 0 Å². The predicted molar refractivity (Wildman–Crippen MR) is 100 cm³/mol. The summed E-state index contributed by atoms with van der Waals surface area (Å²) in [6.45, 7) is 9.50. The van der Waals surface area contributed by atoms with Crippen LogP contribution in [0.15, 0.2) is 24.3 Å². The summed E-state index contributed by atoms with van der Waals surface area (Å²) >= 11 is 0. The van der Waals surface area contributed by atoms with Gasteiger partial charge in [-0.25, -0.2) is 4.39 Å². The largest absolute Gasteiger partial charge is 0.350 e. The molecule has 2 amide bonds. The third-order valence-electron chi connectivity index (χ3n) is 4.08. The molecule has 7 heteroatoms. The number of para-hydroxylation sites is 1. The van der Waals surface area contributed by atoms with Gasteiger partial charge in [-0.1, -0.05) is 12.1 Å². The van der Waals surface area contributed by atoms with Crippen molar-refractivity contribution in [2.45, 2.75) is 32.7 Å². The SMILES string of the molecule is CC(C)(C)NC(=O)CN1CCCN(CC(=O)Nc2ccccc2F)CC1. The van der Waals surface area contributed by atoms with Crippen LogP contribution in [0.3, 0.4) is 0 Å². The molecule has 1 aromatic rings. The van der Waals surface area contributed by atoms with Crippen LogP contribution < -0.4 is 10.6 Å². The van der Waals surface area contributed by atoms with Gasteiger partial charge in [-0.05, 0) is 52.4 Å². The van der Waals surface area contributed by atoms with Gasteiger partial charge in [-0.3, -0.25) is 19.4 Å². The van der Waals surface area contributed by atoms with Crippen molar-refractivity contribution < 1.29 is 14.0 Å². The highest BCUT2D eigenvalue weighted by molar-refractivity contribution is 5.92. The molecule has 2 N–H and O–H groups in total. The molecule has 0 unspecified atom stereocenters. The fourth-order valence-corrected chi connectivity index (χ4v) is 2.96. The summed E-state index contributed by atoms with van der Waals surface area (Å²) in [5, 5.41) is 5.58. The maximum atomic E-state index is 13.6. The van der Waals surface area contributed by atoms with E-state index in [0.717, 1.165) is 26.1 Å². The van der Waals surface area contributed by atoms with Crippen LogP contribution in [0.5, 0.6) is 0 Å². The number of hydrogen-bond acceptors (Lipinski definition) is 4. The lowest BCUT2D eigenvalue weighted by Crippen LogP contribution is -2.46. The Morgan fingerprint density at radius 3 is 2.15 bits per heavy atom. The fraction of sp³-hybridized carbons (Fsp3) is 0.579. The number of nitrogens with zero attached hydrogens (tertiary/aromatic N) is 2. The van der Waals surface area contributed by atoms with Gasteiger partial charge >= 0.3 is 0 Å². The van der Waals surface area contributed by atoms with Crippen molar-refractivity contribution in [3.05, 3.63) is 30.1 Å². The van der Waals surface area contributed by atoms with Gasteiger partial charge in [0.25, 0.3) is 0 Å². The molecule has 26 heavy (non-hydrogen) atoms. The Balaban J connectivity index is 1.78. The molecule has 1 fully saturated rings. The summed E-state index contributed by atoms with van der Waals surface area (Å²) < 4.78 is 13.6. The maximum absolute atomic E-state index is 13.6. The van der Waals surface area contributed by atoms with E-state index in [-0.39, 0.29) is 29.6 Å². The first-order valence-corrected chi connectivity index (χ1v) is 9.03. The topological polar surface area (TPSA) is 64.7 Å². The standard InChI is InChI=1S/C19H29FN4O2/c1-19(2,3)22-18(26)14-24-10-6-9-23(11-12-24)13-17(25)21-16-8-5-4-7-15(16)20/h4-5,7-8H,6,9-14H2,1-3H3,(H,21,25)(H,22,26). The van der Waals surface area contributed by atoms with E-state index < -0.39 is 5.82 Å². The number of hydrogen-bond donors (Lipinski definition) is 2. The Kier molecular flexibility index (Phi) is 7.11. The molecule has 1 heterocycles. The molecule has 6 nitrogen and oxygen atoms in total. The second-order valence-electron chi connectivity index (χ2n) is 7.73. The monoisotopic (exact) mass is 364 g/mol. The van der Waals surface area contributed by atoms with E-state index in [2.05, 4.69) is 15.5 Å². The van der Waals surface area contributed by atoms with E-state index in [9.17, 15) is 14.0 Å². The van der Waals surface area contributed by atoms with Crippen molar-refractivity contribution in [2.24, 2.45) is 0 Å². The molecule has 0 aromatic heterocycles. The summed E-state index contributed by atoms with van der Waals surface area (Å²) in [4.78, 5) is 28.4. The van der Waals surface area contributed by atoms with Crippen LogP contribution in [0, 0.1) is 5.82 Å². The Bertz CT molecular complexity index is 630. The van der Waals surface area contributed by atoms with Crippen LogP contribution >= 0.6 is 0 Å². The average molecular weight is 364 g/mol. The van der Waals surface area contributed by atoms with E-state index in [1.54, 1.807) is 18.2 Å². The van der Waals surface area contributed by atoms with E-state index in [0.29, 0.717) is 13.1 Å². The summed E-state index contributed by atoms with van der Waals surface area (Å²) in [6.07, 6.45) is 0.885. The highest BCUT2D eigenvalue weighted by Gasteiger charge is 2.21. The van der Waals surface area contributed by atoms with Crippen molar-refractivity contribution in [3.63, 3.8) is 0 Å². The third kappa shape index (κ3) is 7.09. The van der Waals surface area contributed by atoms with E-state index in [1.807, 2.05) is 25.7 Å². The van der Waals surface area contributed by atoms with Crippen LogP contribution in [-0.4, -0.2) is 66.4 Å². The molecular weight excluding hydrogens is 335 g/mol. The van der Waals surface area contributed by atoms with Gasteiger partial charge in [0.05, 0.1) is 18.8 Å². The minimum absolute atomic E-state index is 0.0169. The smallest absolute Gasteiger partial charge is 0.238 e. The number of benzene rings is 1. The summed E-state index contributed by atoms with van der Waals surface area (Å²) in [7, 11) is 0. The molecule has 1 aromatic carbocycles. The number of amides is 2. The minimum Gasteiger partial charge on any atom is -0.350 e. The van der Waals surface area contributed by atoms with Crippen LogP contribution in [0.1, 0.15) is 27.2 Å². The predicted octanol–water partition coefficient (Wildman–Crippen LogP) is 1.69. The van der Waals surface area contributed by atoms with Gasteiger partial charge < -0.3 is 10.6 Å². The quantitative estimate of drug-likeness (QED) is 0.835. The van der Waals surface area contributed by atoms with Gasteiger partial charge in [0.2, 0.25) is 11.8 Å². The molecule has 0 bridgehead atoms. The average Bonchev–Trinajstić information content (AvgIpc) is 2.73. The normalized spacial score (nSPS) is 16.8.